The second-order valence-corrected chi connectivity index (χ2v) is 6.96. The minimum Gasteiger partial charge on any atom is -0.486 e. The zero-order valence-electron chi connectivity index (χ0n) is 14.8. The number of amides is 1. The van der Waals surface area contributed by atoms with E-state index in [1.165, 1.54) is 16.3 Å². The summed E-state index contributed by atoms with van der Waals surface area (Å²) in [6.07, 6.45) is 0.257. The van der Waals surface area contributed by atoms with Crippen LogP contribution in [0.15, 0.2) is 54.6 Å². The molecule has 5 rings (SSSR count). The second-order valence-electron chi connectivity index (χ2n) is 6.96. The van der Waals surface area contributed by atoms with Crippen molar-refractivity contribution >= 4 is 22.4 Å². The van der Waals surface area contributed by atoms with Gasteiger partial charge in [0.25, 0.3) is 0 Å². The lowest BCUT2D eigenvalue weighted by Crippen LogP contribution is -2.38. The van der Waals surface area contributed by atoms with E-state index in [9.17, 15) is 4.79 Å². The van der Waals surface area contributed by atoms with Crippen molar-refractivity contribution in [1.82, 2.24) is 5.32 Å². The molecule has 5 heteroatoms. The van der Waals surface area contributed by atoms with Crippen LogP contribution in [0.4, 0.5) is 5.69 Å². The Hall–Kier alpha value is -3.05. The molecule has 1 unspecified atom stereocenters. The van der Waals surface area contributed by atoms with Crippen LogP contribution in [-0.4, -0.2) is 25.2 Å². The highest BCUT2D eigenvalue weighted by Gasteiger charge is 2.29. The first kappa shape index (κ1) is 16.1. The number of ether oxygens (including phenoxy) is 2. The van der Waals surface area contributed by atoms with Gasteiger partial charge in [0.2, 0.25) is 5.91 Å². The Morgan fingerprint density at radius 3 is 2.93 bits per heavy atom. The van der Waals surface area contributed by atoms with Crippen LogP contribution in [0.25, 0.3) is 10.8 Å². The smallest absolute Gasteiger partial charge is 0.229 e. The molecule has 0 radical (unpaired) electrons. The Labute approximate surface area is 157 Å². The SMILES string of the molecule is O=C1Cc2c(ccc3c2OC(CNCc2cccc4ccccc24)CO3)N1. The second kappa shape index (κ2) is 6.59. The zero-order valence-corrected chi connectivity index (χ0v) is 14.8. The molecule has 1 atom stereocenters. The number of carbonyl (C=O) groups is 1. The number of benzene rings is 3. The summed E-state index contributed by atoms with van der Waals surface area (Å²) in [7, 11) is 0. The lowest BCUT2D eigenvalue weighted by Gasteiger charge is -2.28. The summed E-state index contributed by atoms with van der Waals surface area (Å²) < 4.78 is 12.0. The van der Waals surface area contributed by atoms with Gasteiger partial charge in [-0.15, -0.1) is 0 Å². The van der Waals surface area contributed by atoms with Gasteiger partial charge in [-0.3, -0.25) is 4.79 Å². The average molecular weight is 360 g/mol. The molecule has 0 bridgehead atoms. The summed E-state index contributed by atoms with van der Waals surface area (Å²) in [4.78, 5) is 11.7. The first-order valence-corrected chi connectivity index (χ1v) is 9.20. The molecule has 0 aromatic heterocycles. The van der Waals surface area contributed by atoms with E-state index in [-0.39, 0.29) is 12.0 Å². The highest BCUT2D eigenvalue weighted by Crippen LogP contribution is 2.41. The number of hydrogen-bond acceptors (Lipinski definition) is 4. The summed E-state index contributed by atoms with van der Waals surface area (Å²) >= 11 is 0. The maximum absolute atomic E-state index is 11.7. The van der Waals surface area contributed by atoms with Crippen molar-refractivity contribution in [1.29, 1.82) is 0 Å². The third kappa shape index (κ3) is 3.00. The fourth-order valence-corrected chi connectivity index (χ4v) is 3.80. The normalized spacial score (nSPS) is 17.6. The van der Waals surface area contributed by atoms with Crippen LogP contribution in [-0.2, 0) is 17.8 Å². The Bertz CT molecular complexity index is 1030. The first-order chi connectivity index (χ1) is 13.3. The van der Waals surface area contributed by atoms with E-state index in [1.807, 2.05) is 12.1 Å². The molecule has 2 heterocycles. The summed E-state index contributed by atoms with van der Waals surface area (Å²) in [5, 5.41) is 8.85. The molecule has 0 fully saturated rings. The summed E-state index contributed by atoms with van der Waals surface area (Å²) in [5.74, 6) is 1.42. The zero-order chi connectivity index (χ0) is 18.2. The minimum atomic E-state index is -0.0883. The fourth-order valence-electron chi connectivity index (χ4n) is 3.80. The van der Waals surface area contributed by atoms with Gasteiger partial charge in [0.05, 0.1) is 6.42 Å². The summed E-state index contributed by atoms with van der Waals surface area (Å²) in [5.41, 5.74) is 2.99. The van der Waals surface area contributed by atoms with Crippen molar-refractivity contribution in [3.63, 3.8) is 0 Å². The highest BCUT2D eigenvalue weighted by atomic mass is 16.6. The van der Waals surface area contributed by atoms with E-state index in [0.717, 1.165) is 23.5 Å². The maximum atomic E-state index is 11.7. The molecule has 0 saturated heterocycles. The minimum absolute atomic E-state index is 0.00166. The van der Waals surface area contributed by atoms with E-state index in [0.29, 0.717) is 25.3 Å². The molecule has 2 aliphatic heterocycles. The third-order valence-corrected chi connectivity index (χ3v) is 5.11. The quantitative estimate of drug-likeness (QED) is 0.750. The molecule has 0 aliphatic carbocycles. The van der Waals surface area contributed by atoms with Gasteiger partial charge in [-0.2, -0.15) is 0 Å². The Morgan fingerprint density at radius 2 is 1.96 bits per heavy atom. The predicted molar refractivity (Wildman–Crippen MR) is 104 cm³/mol. The Morgan fingerprint density at radius 1 is 1.07 bits per heavy atom. The summed E-state index contributed by atoms with van der Waals surface area (Å²) in [6, 6.07) is 18.5. The number of hydrogen-bond donors (Lipinski definition) is 2. The van der Waals surface area contributed by atoms with Gasteiger partial charge in [0.15, 0.2) is 11.5 Å². The molecule has 0 saturated carbocycles. The van der Waals surface area contributed by atoms with Crippen molar-refractivity contribution < 1.29 is 14.3 Å². The van der Waals surface area contributed by atoms with Crippen LogP contribution in [0.2, 0.25) is 0 Å². The van der Waals surface area contributed by atoms with Crippen molar-refractivity contribution in [2.45, 2.75) is 19.1 Å². The van der Waals surface area contributed by atoms with Crippen LogP contribution >= 0.6 is 0 Å². The molecular weight excluding hydrogens is 340 g/mol. The van der Waals surface area contributed by atoms with Crippen molar-refractivity contribution in [2.24, 2.45) is 0 Å². The molecule has 0 spiro atoms. The van der Waals surface area contributed by atoms with Gasteiger partial charge in [-0.05, 0) is 28.5 Å². The molecular formula is C22H20N2O3. The van der Waals surface area contributed by atoms with Gasteiger partial charge in [-0.25, -0.2) is 0 Å². The standard InChI is InChI=1S/C22H20N2O3/c25-21-10-18-19(24-21)8-9-20-22(18)27-16(13-26-20)12-23-11-15-6-3-5-14-4-1-2-7-17(14)15/h1-9,16,23H,10-13H2,(H,24,25). The monoisotopic (exact) mass is 360 g/mol. The molecule has 3 aromatic rings. The predicted octanol–water partition coefficient (Wildman–Crippen LogP) is 3.26. The number of fused-ring (bicyclic) bond motifs is 4. The van der Waals surface area contributed by atoms with E-state index in [1.54, 1.807) is 0 Å². The highest BCUT2D eigenvalue weighted by molar-refractivity contribution is 6.00. The lowest BCUT2D eigenvalue weighted by molar-refractivity contribution is -0.115. The summed E-state index contributed by atoms with van der Waals surface area (Å²) in [6.45, 7) is 1.93. The molecule has 1 amide bonds. The Balaban J connectivity index is 1.27. The molecule has 27 heavy (non-hydrogen) atoms. The van der Waals surface area contributed by atoms with Gasteiger partial charge < -0.3 is 20.1 Å². The van der Waals surface area contributed by atoms with Gasteiger partial charge in [0, 0.05) is 24.3 Å². The largest absolute Gasteiger partial charge is 0.486 e. The molecule has 2 N–H and O–H groups in total. The van der Waals surface area contributed by atoms with E-state index in [4.69, 9.17) is 9.47 Å². The van der Waals surface area contributed by atoms with Crippen LogP contribution in [0.1, 0.15) is 11.1 Å². The topological polar surface area (TPSA) is 59.6 Å². The van der Waals surface area contributed by atoms with E-state index >= 15 is 0 Å². The van der Waals surface area contributed by atoms with Crippen molar-refractivity contribution in [2.75, 3.05) is 18.5 Å². The first-order valence-electron chi connectivity index (χ1n) is 9.20. The fraction of sp³-hybridized carbons (Fsp3) is 0.227. The molecule has 3 aromatic carbocycles. The van der Waals surface area contributed by atoms with Gasteiger partial charge >= 0.3 is 0 Å². The van der Waals surface area contributed by atoms with Gasteiger partial charge in [0.1, 0.15) is 12.7 Å². The molecule has 136 valence electrons. The molecule has 5 nitrogen and oxygen atoms in total. The third-order valence-electron chi connectivity index (χ3n) is 5.11. The van der Waals surface area contributed by atoms with Crippen LogP contribution in [0.3, 0.4) is 0 Å². The number of nitrogens with one attached hydrogen (secondary N) is 2. The maximum Gasteiger partial charge on any atom is 0.229 e. The van der Waals surface area contributed by atoms with Crippen molar-refractivity contribution in [3.8, 4) is 11.5 Å². The van der Waals surface area contributed by atoms with E-state index in [2.05, 4.69) is 53.1 Å². The van der Waals surface area contributed by atoms with Gasteiger partial charge in [-0.1, -0.05) is 42.5 Å². The van der Waals surface area contributed by atoms with Crippen LogP contribution in [0.5, 0.6) is 11.5 Å². The Kier molecular flexibility index (Phi) is 3.94. The van der Waals surface area contributed by atoms with Crippen LogP contribution in [0, 0.1) is 0 Å². The van der Waals surface area contributed by atoms with Crippen molar-refractivity contribution in [3.05, 3.63) is 65.7 Å². The number of rotatable bonds is 4. The number of anilines is 1. The lowest BCUT2D eigenvalue weighted by atomic mass is 10.0. The van der Waals surface area contributed by atoms with Crippen LogP contribution < -0.4 is 20.1 Å². The number of carbonyl (C=O) groups excluding carboxylic acids is 1. The van der Waals surface area contributed by atoms with E-state index < -0.39 is 0 Å². The molecule has 2 aliphatic rings. The average Bonchev–Trinajstić information content (AvgIpc) is 3.09.